The highest BCUT2D eigenvalue weighted by atomic mass is 19.2. The summed E-state index contributed by atoms with van der Waals surface area (Å²) >= 11 is 0. The van der Waals surface area contributed by atoms with Crippen molar-refractivity contribution in [1.29, 1.82) is 0 Å². The molecule has 0 aromatic heterocycles. The van der Waals surface area contributed by atoms with Crippen LogP contribution in [0, 0.1) is 17.5 Å². The second kappa shape index (κ2) is 5.29. The van der Waals surface area contributed by atoms with Crippen LogP contribution in [0.2, 0.25) is 0 Å². The highest BCUT2D eigenvalue weighted by molar-refractivity contribution is 5.23. The highest BCUT2D eigenvalue weighted by Gasteiger charge is 2.44. The molecule has 0 amide bonds. The van der Waals surface area contributed by atoms with Crippen molar-refractivity contribution in [1.82, 2.24) is 4.90 Å². The van der Waals surface area contributed by atoms with Gasteiger partial charge in [0.15, 0.2) is 17.5 Å². The smallest absolute Gasteiger partial charge is 0.194 e. The molecule has 2 saturated heterocycles. The number of piperidine rings is 2. The zero-order chi connectivity index (χ0) is 15.2. The van der Waals surface area contributed by atoms with E-state index < -0.39 is 23.1 Å². The van der Waals surface area contributed by atoms with Crippen molar-refractivity contribution in [2.24, 2.45) is 0 Å². The van der Waals surface area contributed by atoms with E-state index in [1.165, 1.54) is 6.07 Å². The number of hydrogen-bond acceptors (Lipinski definition) is 2. The number of nitrogens with zero attached hydrogens (tertiary/aromatic N) is 1. The van der Waals surface area contributed by atoms with Crippen LogP contribution in [0.1, 0.15) is 37.7 Å². The predicted octanol–water partition coefficient (Wildman–Crippen LogP) is 3.02. The number of fused-ring (bicyclic) bond motifs is 2. The van der Waals surface area contributed by atoms with E-state index in [0.29, 0.717) is 12.8 Å². The Balaban J connectivity index is 1.83. The molecule has 1 aromatic carbocycles. The molecule has 0 spiro atoms. The first-order valence-electron chi connectivity index (χ1n) is 7.46. The quantitative estimate of drug-likeness (QED) is 0.849. The maximum Gasteiger partial charge on any atom is 0.194 e. The lowest BCUT2D eigenvalue weighted by atomic mass is 9.73. The highest BCUT2D eigenvalue weighted by Crippen LogP contribution is 2.40. The number of hydrogen-bond donors (Lipinski definition) is 1. The fraction of sp³-hybridized carbons (Fsp3) is 0.625. The van der Waals surface area contributed by atoms with E-state index in [2.05, 4.69) is 11.9 Å². The topological polar surface area (TPSA) is 23.5 Å². The van der Waals surface area contributed by atoms with Crippen LogP contribution in [0.15, 0.2) is 12.1 Å². The van der Waals surface area contributed by atoms with Gasteiger partial charge in [-0.15, -0.1) is 0 Å². The minimum absolute atomic E-state index is 0.0386. The van der Waals surface area contributed by atoms with E-state index in [0.717, 1.165) is 25.3 Å². The first kappa shape index (κ1) is 14.9. The van der Waals surface area contributed by atoms with Crippen molar-refractivity contribution in [3.05, 3.63) is 35.1 Å². The first-order valence-corrected chi connectivity index (χ1v) is 7.46. The van der Waals surface area contributed by atoms with E-state index >= 15 is 0 Å². The molecule has 1 aromatic rings. The summed E-state index contributed by atoms with van der Waals surface area (Å²) in [5.41, 5.74) is -0.980. The van der Waals surface area contributed by atoms with Crippen LogP contribution in [-0.4, -0.2) is 34.7 Å². The number of rotatable bonds is 2. The van der Waals surface area contributed by atoms with Crippen LogP contribution in [0.5, 0.6) is 0 Å². The molecular formula is C16H20F3NO. The van der Waals surface area contributed by atoms with Crippen LogP contribution >= 0.6 is 0 Å². The molecule has 0 aliphatic carbocycles. The van der Waals surface area contributed by atoms with Gasteiger partial charge in [0.25, 0.3) is 0 Å². The number of halogens is 3. The molecular weight excluding hydrogens is 279 g/mol. The van der Waals surface area contributed by atoms with Gasteiger partial charge >= 0.3 is 0 Å². The standard InChI is InChI=1S/C16H20F3NO/c1-20-11-3-2-4-12(20)9-16(21,8-11)7-10-5-6-13(17)15(19)14(10)18/h5-6,11-12,21H,2-4,7-9H2,1H3. The molecule has 5 heteroatoms. The van der Waals surface area contributed by atoms with Gasteiger partial charge in [0.1, 0.15) is 0 Å². The van der Waals surface area contributed by atoms with Gasteiger partial charge in [0, 0.05) is 18.5 Å². The molecule has 2 heterocycles. The van der Waals surface area contributed by atoms with Crippen LogP contribution < -0.4 is 0 Å². The molecule has 2 bridgehead atoms. The van der Waals surface area contributed by atoms with Gasteiger partial charge in [-0.3, -0.25) is 0 Å². The average molecular weight is 299 g/mol. The third-order valence-corrected chi connectivity index (χ3v) is 5.09. The molecule has 3 rings (SSSR count). The Morgan fingerprint density at radius 3 is 2.38 bits per heavy atom. The van der Waals surface area contributed by atoms with Crippen LogP contribution in [-0.2, 0) is 6.42 Å². The molecule has 0 radical (unpaired) electrons. The summed E-state index contributed by atoms with van der Waals surface area (Å²) in [6.07, 6.45) is 4.34. The summed E-state index contributed by atoms with van der Waals surface area (Å²) in [6, 6.07) is 2.74. The Bertz CT molecular complexity index is 535. The van der Waals surface area contributed by atoms with Crippen molar-refractivity contribution < 1.29 is 18.3 Å². The summed E-state index contributed by atoms with van der Waals surface area (Å²) < 4.78 is 40.1. The van der Waals surface area contributed by atoms with Crippen LogP contribution in [0.4, 0.5) is 13.2 Å². The summed E-state index contributed by atoms with van der Waals surface area (Å²) in [4.78, 5) is 2.29. The van der Waals surface area contributed by atoms with Crippen molar-refractivity contribution in [2.75, 3.05) is 7.05 Å². The molecule has 2 atom stereocenters. The maximum absolute atomic E-state index is 13.8. The number of benzene rings is 1. The normalized spacial score (nSPS) is 33.2. The zero-order valence-electron chi connectivity index (χ0n) is 12.1. The Labute approximate surface area is 122 Å². The maximum atomic E-state index is 13.8. The third-order valence-electron chi connectivity index (χ3n) is 5.09. The van der Waals surface area contributed by atoms with Crippen molar-refractivity contribution in [3.8, 4) is 0 Å². The molecule has 1 N–H and O–H groups in total. The van der Waals surface area contributed by atoms with Crippen molar-refractivity contribution in [3.63, 3.8) is 0 Å². The minimum Gasteiger partial charge on any atom is -0.389 e. The van der Waals surface area contributed by atoms with Gasteiger partial charge in [-0.2, -0.15) is 0 Å². The molecule has 2 aliphatic rings. The summed E-state index contributed by atoms with van der Waals surface area (Å²) in [5, 5.41) is 10.8. The zero-order valence-corrected chi connectivity index (χ0v) is 12.1. The van der Waals surface area contributed by atoms with Crippen LogP contribution in [0.25, 0.3) is 0 Å². The largest absolute Gasteiger partial charge is 0.389 e. The third kappa shape index (κ3) is 2.69. The summed E-state index contributed by atoms with van der Waals surface area (Å²) in [5.74, 6) is -3.82. The molecule has 2 fully saturated rings. The minimum atomic E-state index is -1.45. The Morgan fingerprint density at radius 2 is 1.76 bits per heavy atom. The second-order valence-electron chi connectivity index (χ2n) is 6.55. The Kier molecular flexibility index (Phi) is 3.74. The fourth-order valence-corrected chi connectivity index (χ4v) is 3.95. The van der Waals surface area contributed by atoms with Gasteiger partial charge in [-0.25, -0.2) is 13.2 Å². The van der Waals surface area contributed by atoms with E-state index in [9.17, 15) is 18.3 Å². The summed E-state index contributed by atoms with van der Waals surface area (Å²) in [7, 11) is 2.06. The average Bonchev–Trinajstić information content (AvgIpc) is 2.42. The first-order chi connectivity index (χ1) is 9.89. The van der Waals surface area contributed by atoms with Gasteiger partial charge < -0.3 is 10.0 Å². The van der Waals surface area contributed by atoms with Crippen molar-refractivity contribution in [2.45, 2.75) is 56.2 Å². The molecule has 116 valence electrons. The SMILES string of the molecule is CN1C2CCCC1CC(O)(Cc1ccc(F)c(F)c1F)C2. The lowest BCUT2D eigenvalue weighted by molar-refractivity contribution is -0.0824. The number of aliphatic hydroxyl groups is 1. The lowest BCUT2D eigenvalue weighted by Crippen LogP contribution is -2.57. The van der Waals surface area contributed by atoms with E-state index in [4.69, 9.17) is 0 Å². The van der Waals surface area contributed by atoms with Crippen LogP contribution in [0.3, 0.4) is 0 Å². The molecule has 2 nitrogen and oxygen atoms in total. The predicted molar refractivity (Wildman–Crippen MR) is 73.4 cm³/mol. The Hall–Kier alpha value is -1.07. The molecule has 0 saturated carbocycles. The van der Waals surface area contributed by atoms with Gasteiger partial charge in [0.05, 0.1) is 5.60 Å². The lowest BCUT2D eigenvalue weighted by Gasteiger charge is -2.50. The van der Waals surface area contributed by atoms with Crippen molar-refractivity contribution >= 4 is 0 Å². The van der Waals surface area contributed by atoms with E-state index in [-0.39, 0.29) is 24.1 Å². The second-order valence-corrected chi connectivity index (χ2v) is 6.55. The molecule has 2 unspecified atom stereocenters. The van der Waals surface area contributed by atoms with Gasteiger partial charge in [0.2, 0.25) is 0 Å². The van der Waals surface area contributed by atoms with E-state index in [1.54, 1.807) is 0 Å². The Morgan fingerprint density at radius 1 is 1.14 bits per heavy atom. The molecule has 2 aliphatic heterocycles. The molecule has 21 heavy (non-hydrogen) atoms. The summed E-state index contributed by atoms with van der Waals surface area (Å²) in [6.45, 7) is 0. The van der Waals surface area contributed by atoms with Gasteiger partial charge in [-0.1, -0.05) is 12.5 Å². The van der Waals surface area contributed by atoms with E-state index in [1.807, 2.05) is 0 Å². The monoisotopic (exact) mass is 299 g/mol. The fourth-order valence-electron chi connectivity index (χ4n) is 3.95. The van der Waals surface area contributed by atoms with Gasteiger partial charge in [-0.05, 0) is 44.4 Å².